The van der Waals surface area contributed by atoms with Crippen molar-refractivity contribution in [3.05, 3.63) is 41.5 Å². The predicted molar refractivity (Wildman–Crippen MR) is 97.1 cm³/mol. The number of nitrogens with zero attached hydrogens (tertiary/aromatic N) is 3. The van der Waals surface area contributed by atoms with Crippen molar-refractivity contribution in [3.8, 4) is 5.75 Å². The van der Waals surface area contributed by atoms with Crippen LogP contribution >= 0.6 is 0 Å². The summed E-state index contributed by atoms with van der Waals surface area (Å²) in [5, 5.41) is 6.92. The molecule has 3 rings (SSSR count). The smallest absolute Gasteiger partial charge is 0.317 e. The molecule has 0 radical (unpaired) electrons. The highest BCUT2D eigenvalue weighted by molar-refractivity contribution is 5.73. The standard InChI is InChI=1S/C19H26N4O3/c1-23(13-17-21-18(26-22-17)15-5-3-4-6-15)19(24)20-12-11-14-7-9-16(25-2)10-8-14/h7-10,15H,3-6,11-13H2,1-2H3,(H,20,24). The van der Waals surface area contributed by atoms with E-state index in [0.29, 0.717) is 30.7 Å². The number of hydrogen-bond donors (Lipinski definition) is 1. The van der Waals surface area contributed by atoms with Gasteiger partial charge in [-0.1, -0.05) is 30.1 Å². The molecule has 2 aromatic rings. The number of aromatic nitrogens is 2. The van der Waals surface area contributed by atoms with E-state index in [1.165, 1.54) is 12.8 Å². The molecule has 0 unspecified atom stereocenters. The molecule has 140 valence electrons. The summed E-state index contributed by atoms with van der Waals surface area (Å²) in [7, 11) is 3.37. The maximum Gasteiger partial charge on any atom is 0.317 e. The highest BCUT2D eigenvalue weighted by atomic mass is 16.5. The number of carbonyl (C=O) groups excluding carboxylic acids is 1. The van der Waals surface area contributed by atoms with Gasteiger partial charge in [0.05, 0.1) is 13.7 Å². The van der Waals surface area contributed by atoms with Crippen molar-refractivity contribution in [2.24, 2.45) is 0 Å². The Hall–Kier alpha value is -2.57. The molecule has 7 nitrogen and oxygen atoms in total. The Kier molecular flexibility index (Phi) is 6.09. The van der Waals surface area contributed by atoms with Crippen molar-refractivity contribution in [3.63, 3.8) is 0 Å². The number of methoxy groups -OCH3 is 1. The van der Waals surface area contributed by atoms with Gasteiger partial charge in [0.1, 0.15) is 5.75 Å². The van der Waals surface area contributed by atoms with E-state index < -0.39 is 0 Å². The van der Waals surface area contributed by atoms with Gasteiger partial charge in [-0.25, -0.2) is 4.79 Å². The highest BCUT2D eigenvalue weighted by Gasteiger charge is 2.23. The second-order valence-electron chi connectivity index (χ2n) is 6.72. The molecule has 1 aliphatic rings. The third-order valence-electron chi connectivity index (χ3n) is 4.76. The molecule has 1 aliphatic carbocycles. The summed E-state index contributed by atoms with van der Waals surface area (Å²) in [4.78, 5) is 18.2. The number of amides is 2. The minimum atomic E-state index is -0.147. The van der Waals surface area contributed by atoms with Gasteiger partial charge in [0, 0.05) is 19.5 Å². The molecule has 0 bridgehead atoms. The molecule has 0 spiro atoms. The van der Waals surface area contributed by atoms with Crippen molar-refractivity contribution in [2.75, 3.05) is 20.7 Å². The van der Waals surface area contributed by atoms with Crippen molar-refractivity contribution in [1.29, 1.82) is 0 Å². The molecule has 26 heavy (non-hydrogen) atoms. The maximum atomic E-state index is 12.2. The van der Waals surface area contributed by atoms with Gasteiger partial charge >= 0.3 is 6.03 Å². The van der Waals surface area contributed by atoms with E-state index in [9.17, 15) is 4.79 Å². The van der Waals surface area contributed by atoms with E-state index in [1.54, 1.807) is 19.1 Å². The number of hydrogen-bond acceptors (Lipinski definition) is 5. The van der Waals surface area contributed by atoms with E-state index in [4.69, 9.17) is 9.26 Å². The topological polar surface area (TPSA) is 80.5 Å². The van der Waals surface area contributed by atoms with Gasteiger partial charge in [0.2, 0.25) is 5.89 Å². The van der Waals surface area contributed by atoms with Gasteiger partial charge in [0.15, 0.2) is 5.82 Å². The van der Waals surface area contributed by atoms with E-state index in [2.05, 4.69) is 15.5 Å². The Bertz CT molecular complexity index is 708. The monoisotopic (exact) mass is 358 g/mol. The lowest BCUT2D eigenvalue weighted by molar-refractivity contribution is 0.205. The lowest BCUT2D eigenvalue weighted by Gasteiger charge is -2.16. The second-order valence-corrected chi connectivity index (χ2v) is 6.72. The molecule has 0 atom stereocenters. The minimum absolute atomic E-state index is 0.147. The molecule has 0 aliphatic heterocycles. The van der Waals surface area contributed by atoms with Gasteiger partial charge in [0.25, 0.3) is 0 Å². The first-order chi connectivity index (χ1) is 12.7. The van der Waals surface area contributed by atoms with E-state index >= 15 is 0 Å². The fourth-order valence-corrected chi connectivity index (χ4v) is 3.20. The number of rotatable bonds is 7. The number of ether oxygens (including phenoxy) is 1. The summed E-state index contributed by atoms with van der Waals surface area (Å²) in [6, 6.07) is 7.69. The van der Waals surface area contributed by atoms with E-state index in [0.717, 1.165) is 30.6 Å². The van der Waals surface area contributed by atoms with Crippen molar-refractivity contribution >= 4 is 6.03 Å². The van der Waals surface area contributed by atoms with E-state index in [-0.39, 0.29) is 6.03 Å². The molecular formula is C19H26N4O3. The average Bonchev–Trinajstić information content (AvgIpc) is 3.33. The number of benzene rings is 1. The van der Waals surface area contributed by atoms with Crippen LogP contribution < -0.4 is 10.1 Å². The van der Waals surface area contributed by atoms with Gasteiger partial charge in [-0.2, -0.15) is 4.98 Å². The molecule has 1 aromatic carbocycles. The molecule has 7 heteroatoms. The number of nitrogens with one attached hydrogen (secondary N) is 1. The van der Waals surface area contributed by atoms with E-state index in [1.807, 2.05) is 24.3 Å². The summed E-state index contributed by atoms with van der Waals surface area (Å²) >= 11 is 0. The Labute approximate surface area is 153 Å². The van der Waals surface area contributed by atoms with Crippen molar-refractivity contribution in [2.45, 2.75) is 44.6 Å². The summed E-state index contributed by atoms with van der Waals surface area (Å²) in [6.45, 7) is 0.902. The van der Waals surface area contributed by atoms with Crippen LogP contribution in [0.5, 0.6) is 5.75 Å². The highest BCUT2D eigenvalue weighted by Crippen LogP contribution is 2.32. The lowest BCUT2D eigenvalue weighted by Crippen LogP contribution is -2.38. The zero-order valence-electron chi connectivity index (χ0n) is 15.4. The van der Waals surface area contributed by atoms with Gasteiger partial charge < -0.3 is 19.5 Å². The fourth-order valence-electron chi connectivity index (χ4n) is 3.20. The van der Waals surface area contributed by atoms with Gasteiger partial charge in [-0.05, 0) is 37.0 Å². The SMILES string of the molecule is COc1ccc(CCNC(=O)N(C)Cc2noc(C3CCCC3)n2)cc1. The first-order valence-electron chi connectivity index (χ1n) is 9.10. The molecule has 1 fully saturated rings. The van der Waals surface area contributed by atoms with Crippen LogP contribution in [0.15, 0.2) is 28.8 Å². The molecule has 1 heterocycles. The molecule has 1 N–H and O–H groups in total. The fraction of sp³-hybridized carbons (Fsp3) is 0.526. The predicted octanol–water partition coefficient (Wildman–Crippen LogP) is 3.12. The number of urea groups is 1. The molecule has 1 saturated carbocycles. The average molecular weight is 358 g/mol. The van der Waals surface area contributed by atoms with Crippen LogP contribution in [0.4, 0.5) is 4.79 Å². The van der Waals surface area contributed by atoms with Crippen LogP contribution in [0.3, 0.4) is 0 Å². The lowest BCUT2D eigenvalue weighted by atomic mass is 10.1. The summed E-state index contributed by atoms with van der Waals surface area (Å²) < 4.78 is 10.5. The normalized spacial score (nSPS) is 14.4. The Balaban J connectivity index is 1.42. The minimum Gasteiger partial charge on any atom is -0.497 e. The second kappa shape index (κ2) is 8.69. The Morgan fingerprint density at radius 2 is 2.04 bits per heavy atom. The molecule has 0 saturated heterocycles. The third-order valence-corrected chi connectivity index (χ3v) is 4.76. The maximum absolute atomic E-state index is 12.2. The first kappa shape index (κ1) is 18.2. The third kappa shape index (κ3) is 4.74. The Morgan fingerprint density at radius 3 is 2.73 bits per heavy atom. The van der Waals surface area contributed by atoms with Crippen LogP contribution in [-0.4, -0.2) is 41.8 Å². The number of carbonyl (C=O) groups is 1. The quantitative estimate of drug-likeness (QED) is 0.822. The van der Waals surface area contributed by atoms with Gasteiger partial charge in [-0.3, -0.25) is 0 Å². The first-order valence-corrected chi connectivity index (χ1v) is 9.10. The van der Waals surface area contributed by atoms with Crippen LogP contribution in [0.25, 0.3) is 0 Å². The summed E-state index contributed by atoms with van der Waals surface area (Å²) in [6.07, 6.45) is 5.43. The molecule has 1 aromatic heterocycles. The van der Waals surface area contributed by atoms with Crippen LogP contribution in [0.2, 0.25) is 0 Å². The zero-order valence-corrected chi connectivity index (χ0v) is 15.4. The van der Waals surface area contributed by atoms with Crippen molar-refractivity contribution < 1.29 is 14.1 Å². The van der Waals surface area contributed by atoms with Crippen LogP contribution in [0.1, 0.15) is 48.9 Å². The van der Waals surface area contributed by atoms with Crippen LogP contribution in [0, 0.1) is 0 Å². The molecule has 2 amide bonds. The Morgan fingerprint density at radius 1 is 1.31 bits per heavy atom. The molecular weight excluding hydrogens is 332 g/mol. The van der Waals surface area contributed by atoms with Gasteiger partial charge in [-0.15, -0.1) is 0 Å². The summed E-state index contributed by atoms with van der Waals surface area (Å²) in [5.74, 6) is 2.49. The van der Waals surface area contributed by atoms with Crippen LogP contribution in [-0.2, 0) is 13.0 Å². The summed E-state index contributed by atoms with van der Waals surface area (Å²) in [5.41, 5.74) is 1.15. The zero-order chi connectivity index (χ0) is 18.4. The van der Waals surface area contributed by atoms with Crippen molar-refractivity contribution in [1.82, 2.24) is 20.4 Å². The largest absolute Gasteiger partial charge is 0.497 e.